The van der Waals surface area contributed by atoms with Crippen molar-refractivity contribution in [2.75, 3.05) is 13.2 Å². The molecule has 24 heavy (non-hydrogen) atoms. The van der Waals surface area contributed by atoms with E-state index >= 15 is 0 Å². The van der Waals surface area contributed by atoms with Gasteiger partial charge in [0.15, 0.2) is 4.34 Å². The molecule has 0 radical (unpaired) electrons. The number of aliphatic hydroxyl groups is 1. The summed E-state index contributed by atoms with van der Waals surface area (Å²) in [5.41, 5.74) is 1.73. The van der Waals surface area contributed by atoms with Crippen LogP contribution in [0.5, 0.6) is 0 Å². The molecule has 7 heteroatoms. The summed E-state index contributed by atoms with van der Waals surface area (Å²) in [5.74, 6) is -0.141. The van der Waals surface area contributed by atoms with Crippen LogP contribution in [0.25, 0.3) is 10.2 Å². The number of halogens is 1. The molecule has 1 aromatic heterocycles. The third kappa shape index (κ3) is 4.08. The second-order valence-corrected chi connectivity index (χ2v) is 7.83. The van der Waals surface area contributed by atoms with E-state index in [4.69, 9.17) is 16.7 Å². The number of thioether (sulfide) groups is 1. The van der Waals surface area contributed by atoms with Gasteiger partial charge in [-0.15, -0.1) is 11.3 Å². The lowest BCUT2D eigenvalue weighted by Crippen LogP contribution is -2.30. The molecule has 0 spiro atoms. The second kappa shape index (κ2) is 7.98. The smallest absolute Gasteiger partial charge is 0.238 e. The maximum atomic E-state index is 12.5. The summed E-state index contributed by atoms with van der Waals surface area (Å²) in [6.45, 7) is 0.149. The van der Waals surface area contributed by atoms with E-state index < -0.39 is 5.25 Å². The third-order valence-electron chi connectivity index (χ3n) is 3.30. The maximum absolute atomic E-state index is 12.5. The van der Waals surface area contributed by atoms with Crippen LogP contribution < -0.4 is 5.32 Å². The lowest BCUT2D eigenvalue weighted by Gasteiger charge is -2.15. The summed E-state index contributed by atoms with van der Waals surface area (Å²) in [6, 6.07) is 15.1. The molecule has 0 saturated carbocycles. The Balaban J connectivity index is 1.88. The van der Waals surface area contributed by atoms with Crippen LogP contribution in [0.15, 0.2) is 52.9 Å². The van der Waals surface area contributed by atoms with Crippen molar-refractivity contribution >= 4 is 50.8 Å². The summed E-state index contributed by atoms with van der Waals surface area (Å²) in [5, 5.41) is 11.9. The Kier molecular flexibility index (Phi) is 5.73. The first-order valence-electron chi connectivity index (χ1n) is 7.33. The molecular formula is C17H15ClN2O2S2. The first kappa shape index (κ1) is 17.2. The molecule has 3 aromatic rings. The Morgan fingerprint density at radius 1 is 1.29 bits per heavy atom. The lowest BCUT2D eigenvalue weighted by molar-refractivity contribution is -0.120. The molecule has 124 valence electrons. The van der Waals surface area contributed by atoms with Crippen molar-refractivity contribution in [3.8, 4) is 0 Å². The van der Waals surface area contributed by atoms with Crippen LogP contribution in [0.2, 0.25) is 5.02 Å². The van der Waals surface area contributed by atoms with Gasteiger partial charge in [0, 0.05) is 11.6 Å². The van der Waals surface area contributed by atoms with Crippen molar-refractivity contribution in [2.24, 2.45) is 0 Å². The fourth-order valence-corrected chi connectivity index (χ4v) is 4.63. The SMILES string of the molecule is O=C(NCCO)C(Sc1nc2cc(Cl)ccc2s1)c1ccccc1. The summed E-state index contributed by atoms with van der Waals surface area (Å²) < 4.78 is 1.84. The van der Waals surface area contributed by atoms with Crippen molar-refractivity contribution < 1.29 is 9.90 Å². The number of fused-ring (bicyclic) bond motifs is 1. The van der Waals surface area contributed by atoms with E-state index in [-0.39, 0.29) is 19.1 Å². The maximum Gasteiger partial charge on any atom is 0.238 e. The molecule has 4 nitrogen and oxygen atoms in total. The molecular weight excluding hydrogens is 364 g/mol. The van der Waals surface area contributed by atoms with Gasteiger partial charge in [-0.2, -0.15) is 0 Å². The van der Waals surface area contributed by atoms with Crippen molar-refractivity contribution in [1.82, 2.24) is 10.3 Å². The fourth-order valence-electron chi connectivity index (χ4n) is 2.20. The van der Waals surface area contributed by atoms with Gasteiger partial charge in [0.2, 0.25) is 5.91 Å². The Morgan fingerprint density at radius 3 is 2.83 bits per heavy atom. The number of hydrogen-bond donors (Lipinski definition) is 2. The number of nitrogens with zero attached hydrogens (tertiary/aromatic N) is 1. The Morgan fingerprint density at radius 2 is 2.08 bits per heavy atom. The number of aromatic nitrogens is 1. The Labute approximate surface area is 152 Å². The van der Waals surface area contributed by atoms with Gasteiger partial charge in [-0.05, 0) is 23.8 Å². The van der Waals surface area contributed by atoms with E-state index in [2.05, 4.69) is 10.3 Å². The van der Waals surface area contributed by atoms with Crippen LogP contribution in [0.4, 0.5) is 0 Å². The highest BCUT2D eigenvalue weighted by atomic mass is 35.5. The molecule has 0 saturated heterocycles. The number of carbonyl (C=O) groups is 1. The molecule has 0 aliphatic heterocycles. The molecule has 0 aliphatic carbocycles. The Bertz CT molecular complexity index is 839. The highest BCUT2D eigenvalue weighted by Gasteiger charge is 2.23. The molecule has 0 bridgehead atoms. The molecule has 2 aromatic carbocycles. The van der Waals surface area contributed by atoms with Gasteiger partial charge >= 0.3 is 0 Å². The molecule has 2 N–H and O–H groups in total. The van der Waals surface area contributed by atoms with Crippen molar-refractivity contribution in [3.05, 3.63) is 59.1 Å². The first-order valence-corrected chi connectivity index (χ1v) is 9.41. The minimum absolute atomic E-state index is 0.0858. The van der Waals surface area contributed by atoms with Crippen LogP contribution in [-0.2, 0) is 4.79 Å². The van der Waals surface area contributed by atoms with Gasteiger partial charge in [-0.25, -0.2) is 4.98 Å². The number of benzene rings is 2. The largest absolute Gasteiger partial charge is 0.395 e. The Hall–Kier alpha value is -1.60. The molecule has 1 amide bonds. The van der Waals surface area contributed by atoms with E-state index in [1.165, 1.54) is 23.1 Å². The zero-order valence-electron chi connectivity index (χ0n) is 12.6. The highest BCUT2D eigenvalue weighted by molar-refractivity contribution is 8.02. The number of hydrogen-bond acceptors (Lipinski definition) is 5. The van der Waals surface area contributed by atoms with Crippen LogP contribution in [0, 0.1) is 0 Å². The highest BCUT2D eigenvalue weighted by Crippen LogP contribution is 2.39. The summed E-state index contributed by atoms with van der Waals surface area (Å²) in [6.07, 6.45) is 0. The van der Waals surface area contributed by atoms with Crippen LogP contribution >= 0.6 is 34.7 Å². The van der Waals surface area contributed by atoms with E-state index in [0.29, 0.717) is 5.02 Å². The number of thiazole rings is 1. The predicted octanol–water partition coefficient (Wildman–Crippen LogP) is 3.89. The fraction of sp³-hybridized carbons (Fsp3) is 0.176. The summed E-state index contributed by atoms with van der Waals surface area (Å²) >= 11 is 8.94. The second-order valence-electron chi connectivity index (χ2n) is 5.02. The number of amides is 1. The van der Waals surface area contributed by atoms with Gasteiger partial charge in [-0.1, -0.05) is 53.7 Å². The van der Waals surface area contributed by atoms with Gasteiger partial charge < -0.3 is 10.4 Å². The van der Waals surface area contributed by atoms with Crippen LogP contribution in [-0.4, -0.2) is 29.1 Å². The molecule has 3 rings (SSSR count). The topological polar surface area (TPSA) is 62.2 Å². The summed E-state index contributed by atoms with van der Waals surface area (Å²) in [4.78, 5) is 17.1. The van der Waals surface area contributed by atoms with Crippen LogP contribution in [0.1, 0.15) is 10.8 Å². The van der Waals surface area contributed by atoms with Crippen molar-refractivity contribution in [2.45, 2.75) is 9.59 Å². The average Bonchev–Trinajstić information content (AvgIpc) is 3.00. The quantitative estimate of drug-likeness (QED) is 0.639. The lowest BCUT2D eigenvalue weighted by atomic mass is 10.1. The van der Waals surface area contributed by atoms with E-state index in [9.17, 15) is 4.79 Å². The zero-order valence-corrected chi connectivity index (χ0v) is 15.0. The van der Waals surface area contributed by atoms with Crippen LogP contribution in [0.3, 0.4) is 0 Å². The van der Waals surface area contributed by atoms with Crippen molar-refractivity contribution in [1.29, 1.82) is 0 Å². The molecule has 1 heterocycles. The van der Waals surface area contributed by atoms with E-state index in [1.54, 1.807) is 0 Å². The monoisotopic (exact) mass is 378 g/mol. The van der Waals surface area contributed by atoms with Gasteiger partial charge in [0.1, 0.15) is 5.25 Å². The first-order chi connectivity index (χ1) is 11.7. The average molecular weight is 379 g/mol. The number of nitrogens with one attached hydrogen (secondary N) is 1. The van der Waals surface area contributed by atoms with Gasteiger partial charge in [0.05, 0.1) is 16.8 Å². The number of rotatable bonds is 6. The minimum atomic E-state index is -0.422. The van der Waals surface area contributed by atoms with Gasteiger partial charge in [0.25, 0.3) is 0 Å². The van der Waals surface area contributed by atoms with E-state index in [1.807, 2.05) is 48.5 Å². The van der Waals surface area contributed by atoms with E-state index in [0.717, 1.165) is 20.1 Å². The predicted molar refractivity (Wildman–Crippen MR) is 99.8 cm³/mol. The standard InChI is InChI=1S/C17H15ClN2O2S2/c18-12-6-7-14-13(10-12)20-17(23-14)24-15(16(22)19-8-9-21)11-4-2-1-3-5-11/h1-7,10,15,21H,8-9H2,(H,19,22). The molecule has 0 fully saturated rings. The molecule has 1 atom stereocenters. The minimum Gasteiger partial charge on any atom is -0.395 e. The molecule has 1 unspecified atom stereocenters. The number of carbonyl (C=O) groups excluding carboxylic acids is 1. The third-order valence-corrected chi connectivity index (χ3v) is 5.92. The van der Waals surface area contributed by atoms with Gasteiger partial charge in [-0.3, -0.25) is 4.79 Å². The molecule has 0 aliphatic rings. The zero-order chi connectivity index (χ0) is 16.9. The summed E-state index contributed by atoms with van der Waals surface area (Å²) in [7, 11) is 0. The normalized spacial score (nSPS) is 12.2. The number of aliphatic hydroxyl groups excluding tert-OH is 1. The van der Waals surface area contributed by atoms with Crippen molar-refractivity contribution in [3.63, 3.8) is 0 Å².